The van der Waals surface area contributed by atoms with Crippen LogP contribution in [0.4, 0.5) is 0 Å². The van der Waals surface area contributed by atoms with Gasteiger partial charge in [0.05, 0.1) is 12.7 Å². The Bertz CT molecular complexity index is 917. The molecule has 31 heavy (non-hydrogen) atoms. The SMILES string of the molecule is COCOc1cc(OC)c(/C=C/C(=O)c2ccccn2)c(OCOC)c1CC=C(C)C. The van der Waals surface area contributed by atoms with Crippen molar-refractivity contribution in [3.8, 4) is 17.2 Å². The van der Waals surface area contributed by atoms with Crippen LogP contribution in [0.25, 0.3) is 6.08 Å². The molecule has 0 spiro atoms. The maximum absolute atomic E-state index is 12.5. The second-order valence-electron chi connectivity index (χ2n) is 6.80. The van der Waals surface area contributed by atoms with Crippen molar-refractivity contribution in [3.63, 3.8) is 0 Å². The summed E-state index contributed by atoms with van der Waals surface area (Å²) in [4.78, 5) is 16.6. The van der Waals surface area contributed by atoms with E-state index in [1.165, 1.54) is 6.08 Å². The van der Waals surface area contributed by atoms with Gasteiger partial charge in [0.25, 0.3) is 0 Å². The highest BCUT2D eigenvalue weighted by molar-refractivity contribution is 6.05. The lowest BCUT2D eigenvalue weighted by molar-refractivity contribution is 0.0444. The number of carbonyl (C=O) groups excluding carboxylic acids is 1. The number of ether oxygens (including phenoxy) is 5. The quantitative estimate of drug-likeness (QED) is 0.214. The van der Waals surface area contributed by atoms with Gasteiger partial charge >= 0.3 is 0 Å². The minimum atomic E-state index is -0.231. The van der Waals surface area contributed by atoms with Crippen LogP contribution < -0.4 is 14.2 Å². The summed E-state index contributed by atoms with van der Waals surface area (Å²) in [5, 5.41) is 0. The van der Waals surface area contributed by atoms with Crippen molar-refractivity contribution in [1.82, 2.24) is 4.98 Å². The highest BCUT2D eigenvalue weighted by Gasteiger charge is 2.20. The van der Waals surface area contributed by atoms with E-state index in [0.717, 1.165) is 11.1 Å². The van der Waals surface area contributed by atoms with Crippen molar-refractivity contribution >= 4 is 11.9 Å². The third-order valence-electron chi connectivity index (χ3n) is 4.25. The molecule has 0 amide bonds. The third kappa shape index (κ3) is 6.94. The van der Waals surface area contributed by atoms with E-state index in [1.54, 1.807) is 57.9 Å². The smallest absolute Gasteiger partial charge is 0.204 e. The molecule has 0 aliphatic carbocycles. The van der Waals surface area contributed by atoms with Crippen molar-refractivity contribution in [2.75, 3.05) is 34.9 Å². The molecule has 0 saturated heterocycles. The fourth-order valence-corrected chi connectivity index (χ4v) is 2.78. The van der Waals surface area contributed by atoms with Gasteiger partial charge in [-0.2, -0.15) is 0 Å². The van der Waals surface area contributed by atoms with E-state index in [1.807, 2.05) is 13.8 Å². The summed E-state index contributed by atoms with van der Waals surface area (Å²) in [6.45, 7) is 4.12. The fraction of sp³-hybridized carbons (Fsp3) is 0.333. The van der Waals surface area contributed by atoms with Gasteiger partial charge in [0.1, 0.15) is 22.9 Å². The van der Waals surface area contributed by atoms with E-state index in [4.69, 9.17) is 23.7 Å². The highest BCUT2D eigenvalue weighted by Crippen LogP contribution is 2.41. The lowest BCUT2D eigenvalue weighted by atomic mass is 10.0. The van der Waals surface area contributed by atoms with E-state index in [-0.39, 0.29) is 19.4 Å². The van der Waals surface area contributed by atoms with Crippen molar-refractivity contribution in [2.24, 2.45) is 0 Å². The number of aromatic nitrogens is 1. The Hall–Kier alpha value is -3.16. The lowest BCUT2D eigenvalue weighted by Crippen LogP contribution is -2.08. The Kier molecular flexibility index (Phi) is 9.74. The Morgan fingerprint density at radius 1 is 1.03 bits per heavy atom. The number of methoxy groups -OCH3 is 3. The Balaban J connectivity index is 2.59. The average Bonchev–Trinajstić information content (AvgIpc) is 2.79. The topological polar surface area (TPSA) is 76.1 Å². The van der Waals surface area contributed by atoms with Crippen LogP contribution >= 0.6 is 0 Å². The second-order valence-corrected chi connectivity index (χ2v) is 6.80. The molecule has 0 atom stereocenters. The Morgan fingerprint density at radius 3 is 2.39 bits per heavy atom. The van der Waals surface area contributed by atoms with Gasteiger partial charge in [0, 0.05) is 32.0 Å². The minimum Gasteiger partial charge on any atom is -0.496 e. The molecule has 2 rings (SSSR count). The summed E-state index contributed by atoms with van der Waals surface area (Å²) in [7, 11) is 4.64. The molecule has 166 valence electrons. The van der Waals surface area contributed by atoms with Crippen LogP contribution in [-0.2, 0) is 15.9 Å². The largest absolute Gasteiger partial charge is 0.496 e. The fourth-order valence-electron chi connectivity index (χ4n) is 2.78. The number of allylic oxidation sites excluding steroid dienone is 3. The van der Waals surface area contributed by atoms with Gasteiger partial charge in [0.2, 0.25) is 5.78 Å². The molecule has 0 unspecified atom stereocenters. The van der Waals surface area contributed by atoms with Crippen LogP contribution in [-0.4, -0.2) is 45.7 Å². The molecule has 0 fully saturated rings. The first-order chi connectivity index (χ1) is 15.0. The van der Waals surface area contributed by atoms with E-state index in [2.05, 4.69) is 11.1 Å². The molecule has 7 nitrogen and oxygen atoms in total. The summed E-state index contributed by atoms with van der Waals surface area (Å²) in [5.74, 6) is 1.33. The molecule has 0 aliphatic rings. The van der Waals surface area contributed by atoms with E-state index in [0.29, 0.717) is 34.9 Å². The second kappa shape index (κ2) is 12.5. The van der Waals surface area contributed by atoms with Crippen LogP contribution in [0.3, 0.4) is 0 Å². The number of benzene rings is 1. The van der Waals surface area contributed by atoms with E-state index >= 15 is 0 Å². The number of carbonyl (C=O) groups is 1. The van der Waals surface area contributed by atoms with Crippen LogP contribution in [0.15, 0.2) is 48.2 Å². The van der Waals surface area contributed by atoms with Crippen molar-refractivity contribution in [2.45, 2.75) is 20.3 Å². The summed E-state index contributed by atoms with van der Waals surface area (Å²) >= 11 is 0. The molecule has 1 aromatic heterocycles. The summed E-state index contributed by atoms with van der Waals surface area (Å²) in [6, 6.07) is 6.95. The number of pyridine rings is 1. The zero-order valence-electron chi connectivity index (χ0n) is 18.6. The number of nitrogens with zero attached hydrogens (tertiary/aromatic N) is 1. The van der Waals surface area contributed by atoms with E-state index in [9.17, 15) is 4.79 Å². The lowest BCUT2D eigenvalue weighted by Gasteiger charge is -2.20. The van der Waals surface area contributed by atoms with Gasteiger partial charge in [-0.15, -0.1) is 0 Å². The summed E-state index contributed by atoms with van der Waals surface area (Å²) in [5.41, 5.74) is 2.89. The number of ketones is 1. The molecule has 1 aromatic carbocycles. The highest BCUT2D eigenvalue weighted by atomic mass is 16.7. The first-order valence-electron chi connectivity index (χ1n) is 9.75. The number of hydrogen-bond acceptors (Lipinski definition) is 7. The molecular weight excluding hydrogens is 398 g/mol. The number of rotatable bonds is 12. The zero-order valence-corrected chi connectivity index (χ0v) is 18.6. The van der Waals surface area contributed by atoms with Crippen molar-refractivity contribution in [1.29, 1.82) is 0 Å². The van der Waals surface area contributed by atoms with Gasteiger partial charge in [-0.25, -0.2) is 0 Å². The predicted molar refractivity (Wildman–Crippen MR) is 119 cm³/mol. The molecule has 0 aliphatic heterocycles. The van der Waals surface area contributed by atoms with Crippen molar-refractivity contribution in [3.05, 3.63) is 65.0 Å². The molecule has 2 aromatic rings. The van der Waals surface area contributed by atoms with Crippen LogP contribution in [0.5, 0.6) is 17.2 Å². The third-order valence-corrected chi connectivity index (χ3v) is 4.25. The maximum atomic E-state index is 12.5. The summed E-state index contributed by atoms with van der Waals surface area (Å²) in [6.07, 6.45) is 7.30. The standard InChI is InChI=1S/C24H29NO6/c1-17(2)9-10-19-23(30-15-27-3)14-22(29-5)18(24(19)31-16-28-4)11-12-21(26)20-8-6-7-13-25-20/h6-9,11-14H,10,15-16H2,1-5H3/b12-11+. The van der Waals surface area contributed by atoms with Crippen molar-refractivity contribution < 1.29 is 28.5 Å². The van der Waals surface area contributed by atoms with Crippen LogP contribution in [0.2, 0.25) is 0 Å². The number of hydrogen-bond donors (Lipinski definition) is 0. The monoisotopic (exact) mass is 427 g/mol. The summed E-state index contributed by atoms with van der Waals surface area (Å²) < 4.78 is 27.5. The molecule has 0 saturated carbocycles. The first kappa shape index (κ1) is 24.1. The first-order valence-corrected chi connectivity index (χ1v) is 9.75. The Labute approximate surface area is 183 Å². The van der Waals surface area contributed by atoms with Gasteiger partial charge in [-0.05, 0) is 44.6 Å². The Morgan fingerprint density at radius 2 is 1.77 bits per heavy atom. The zero-order chi connectivity index (χ0) is 22.6. The maximum Gasteiger partial charge on any atom is 0.204 e. The molecule has 1 heterocycles. The molecule has 7 heteroatoms. The molecular formula is C24H29NO6. The van der Waals surface area contributed by atoms with Crippen LogP contribution in [0.1, 0.15) is 35.5 Å². The van der Waals surface area contributed by atoms with Crippen LogP contribution in [0, 0.1) is 0 Å². The molecule has 0 bridgehead atoms. The van der Waals surface area contributed by atoms with E-state index < -0.39 is 0 Å². The predicted octanol–water partition coefficient (Wildman–Crippen LogP) is 4.46. The molecule has 0 N–H and O–H groups in total. The normalized spacial score (nSPS) is 10.7. The van der Waals surface area contributed by atoms with Gasteiger partial charge < -0.3 is 23.7 Å². The van der Waals surface area contributed by atoms with Gasteiger partial charge in [-0.1, -0.05) is 17.7 Å². The molecule has 0 radical (unpaired) electrons. The minimum absolute atomic E-state index is 0.0216. The van der Waals surface area contributed by atoms with Gasteiger partial charge in [0.15, 0.2) is 13.6 Å². The average molecular weight is 427 g/mol. The van der Waals surface area contributed by atoms with Gasteiger partial charge in [-0.3, -0.25) is 9.78 Å².